The molecule has 0 aromatic carbocycles. The van der Waals surface area contributed by atoms with E-state index in [4.69, 9.17) is 0 Å². The van der Waals surface area contributed by atoms with Crippen LogP contribution >= 0.6 is 11.3 Å². The van der Waals surface area contributed by atoms with E-state index >= 15 is 0 Å². The Morgan fingerprint density at radius 1 is 1.38 bits per heavy atom. The summed E-state index contributed by atoms with van der Waals surface area (Å²) in [5.74, 6) is 0.0153. The van der Waals surface area contributed by atoms with Gasteiger partial charge in [-0.05, 0) is 31.9 Å². The number of rotatable bonds is 3. The molecule has 124 valence electrons. The number of fused-ring (bicyclic) bond motifs is 1. The molecule has 6 heteroatoms. The summed E-state index contributed by atoms with van der Waals surface area (Å²) >= 11 is 1.47. The third-order valence-corrected chi connectivity index (χ3v) is 5.85. The molecule has 1 saturated carbocycles. The molecule has 4 rings (SSSR count). The number of hydrogen-bond acceptors (Lipinski definition) is 4. The van der Waals surface area contributed by atoms with E-state index in [2.05, 4.69) is 15.3 Å². The number of thiazole rings is 1. The fraction of sp³-hybridized carbons (Fsp3) is 0.389. The quantitative estimate of drug-likeness (QED) is 0.791. The monoisotopic (exact) mass is 340 g/mol. The van der Waals surface area contributed by atoms with E-state index in [1.54, 1.807) is 6.20 Å². The molecule has 1 aliphatic carbocycles. The van der Waals surface area contributed by atoms with Crippen LogP contribution in [-0.4, -0.2) is 26.5 Å². The summed E-state index contributed by atoms with van der Waals surface area (Å²) in [7, 11) is 1.98. The highest BCUT2D eigenvalue weighted by molar-refractivity contribution is 7.17. The molecule has 0 saturated heterocycles. The lowest BCUT2D eigenvalue weighted by Gasteiger charge is -2.10. The molecule has 0 aliphatic heterocycles. The van der Waals surface area contributed by atoms with E-state index in [1.807, 2.05) is 36.9 Å². The van der Waals surface area contributed by atoms with Crippen molar-refractivity contribution in [2.24, 2.45) is 7.05 Å². The first-order valence-electron chi connectivity index (χ1n) is 8.32. The first-order valence-corrected chi connectivity index (χ1v) is 9.14. The van der Waals surface area contributed by atoms with Crippen LogP contribution in [0.3, 0.4) is 0 Å². The van der Waals surface area contributed by atoms with Crippen molar-refractivity contribution in [1.82, 2.24) is 19.9 Å². The molecule has 24 heavy (non-hydrogen) atoms. The average Bonchev–Trinajstić information content (AvgIpc) is 3.28. The highest BCUT2D eigenvalue weighted by Gasteiger charge is 2.22. The summed E-state index contributed by atoms with van der Waals surface area (Å²) < 4.78 is 2.00. The second-order valence-electron chi connectivity index (χ2n) is 6.42. The zero-order valence-corrected chi connectivity index (χ0v) is 14.7. The molecule has 1 fully saturated rings. The van der Waals surface area contributed by atoms with Crippen LogP contribution in [0.25, 0.3) is 21.6 Å². The topological polar surface area (TPSA) is 59.8 Å². The first-order chi connectivity index (χ1) is 11.6. The minimum atomic E-state index is 0.0153. The Labute approximate surface area is 144 Å². The molecule has 1 amide bonds. The number of aromatic nitrogens is 3. The van der Waals surface area contributed by atoms with E-state index < -0.39 is 0 Å². The van der Waals surface area contributed by atoms with Crippen molar-refractivity contribution < 1.29 is 4.79 Å². The Bertz CT molecular complexity index is 905. The fourth-order valence-electron chi connectivity index (χ4n) is 3.43. The maximum atomic E-state index is 12.6. The second kappa shape index (κ2) is 6.02. The molecular formula is C18H20N4OS. The number of amides is 1. The predicted octanol–water partition coefficient (Wildman–Crippen LogP) is 3.68. The normalized spacial score (nSPS) is 15.2. The van der Waals surface area contributed by atoms with Crippen molar-refractivity contribution in [3.8, 4) is 10.6 Å². The number of hydrogen-bond donors (Lipinski definition) is 1. The smallest absolute Gasteiger partial charge is 0.263 e. The summed E-state index contributed by atoms with van der Waals surface area (Å²) in [5.41, 5.74) is 2.76. The van der Waals surface area contributed by atoms with Gasteiger partial charge in [0.05, 0.1) is 5.69 Å². The molecule has 1 aliphatic rings. The number of aryl methyl sites for hydroxylation is 2. The molecule has 0 unspecified atom stereocenters. The van der Waals surface area contributed by atoms with Crippen LogP contribution in [0.5, 0.6) is 0 Å². The van der Waals surface area contributed by atoms with Gasteiger partial charge in [0.25, 0.3) is 5.91 Å². The summed E-state index contributed by atoms with van der Waals surface area (Å²) in [6, 6.07) is 4.30. The highest BCUT2D eigenvalue weighted by Crippen LogP contribution is 2.33. The Hall–Kier alpha value is -2.21. The van der Waals surface area contributed by atoms with Crippen LogP contribution in [0.4, 0.5) is 0 Å². The number of nitrogens with zero attached hydrogens (tertiary/aromatic N) is 3. The van der Waals surface area contributed by atoms with Gasteiger partial charge in [-0.1, -0.05) is 12.8 Å². The molecule has 0 radical (unpaired) electrons. The van der Waals surface area contributed by atoms with E-state index in [1.165, 1.54) is 24.2 Å². The number of carbonyl (C=O) groups excluding carboxylic acids is 1. The first kappa shape index (κ1) is 15.3. The largest absolute Gasteiger partial charge is 0.349 e. The molecule has 3 heterocycles. The zero-order valence-electron chi connectivity index (χ0n) is 13.9. The lowest BCUT2D eigenvalue weighted by atomic mass is 10.2. The maximum Gasteiger partial charge on any atom is 0.263 e. The van der Waals surface area contributed by atoms with Crippen LogP contribution in [0.1, 0.15) is 41.0 Å². The van der Waals surface area contributed by atoms with Gasteiger partial charge in [0.1, 0.15) is 15.5 Å². The van der Waals surface area contributed by atoms with Crippen molar-refractivity contribution in [3.63, 3.8) is 0 Å². The van der Waals surface area contributed by atoms with E-state index in [0.29, 0.717) is 6.04 Å². The minimum absolute atomic E-state index is 0.0153. The Kier molecular flexibility index (Phi) is 3.84. The molecule has 3 aromatic rings. The van der Waals surface area contributed by atoms with Gasteiger partial charge in [0, 0.05) is 36.4 Å². The molecule has 0 spiro atoms. The molecule has 0 atom stereocenters. The summed E-state index contributed by atoms with van der Waals surface area (Å²) in [5, 5.41) is 5.10. The maximum absolute atomic E-state index is 12.6. The van der Waals surface area contributed by atoms with Crippen molar-refractivity contribution in [2.75, 3.05) is 0 Å². The van der Waals surface area contributed by atoms with Crippen molar-refractivity contribution in [3.05, 3.63) is 35.1 Å². The molecule has 3 aromatic heterocycles. The summed E-state index contributed by atoms with van der Waals surface area (Å²) in [6.45, 7) is 1.91. The van der Waals surface area contributed by atoms with Gasteiger partial charge in [-0.3, -0.25) is 4.79 Å². The summed E-state index contributed by atoms with van der Waals surface area (Å²) in [6.07, 6.45) is 8.42. The van der Waals surface area contributed by atoms with Gasteiger partial charge in [0.15, 0.2) is 0 Å². The Balaban J connectivity index is 1.68. The van der Waals surface area contributed by atoms with Crippen LogP contribution in [-0.2, 0) is 7.05 Å². The number of pyridine rings is 1. The van der Waals surface area contributed by atoms with Crippen molar-refractivity contribution in [1.29, 1.82) is 0 Å². The molecule has 1 N–H and O–H groups in total. The second-order valence-corrected chi connectivity index (χ2v) is 7.42. The van der Waals surface area contributed by atoms with Crippen LogP contribution < -0.4 is 5.32 Å². The lowest BCUT2D eigenvalue weighted by molar-refractivity contribution is 0.0941. The molecular weight excluding hydrogens is 320 g/mol. The van der Waals surface area contributed by atoms with Crippen LogP contribution in [0, 0.1) is 6.92 Å². The average molecular weight is 340 g/mol. The number of carbonyl (C=O) groups is 1. The number of nitrogens with one attached hydrogen (secondary N) is 1. The standard InChI is InChI=1S/C18H20N4OS/c1-11-15(17(23)21-12-6-3-4-7-12)24-18(20-11)14-10-22(2)16-13(14)8-5-9-19-16/h5,8-10,12H,3-4,6-7H2,1-2H3,(H,21,23). The predicted molar refractivity (Wildman–Crippen MR) is 96.3 cm³/mol. The van der Waals surface area contributed by atoms with Crippen LogP contribution in [0.2, 0.25) is 0 Å². The van der Waals surface area contributed by atoms with Crippen LogP contribution in [0.15, 0.2) is 24.5 Å². The third-order valence-electron chi connectivity index (χ3n) is 4.66. The van der Waals surface area contributed by atoms with Gasteiger partial charge in [-0.15, -0.1) is 11.3 Å². The summed E-state index contributed by atoms with van der Waals surface area (Å²) in [4.78, 5) is 22.4. The Morgan fingerprint density at radius 3 is 2.96 bits per heavy atom. The van der Waals surface area contributed by atoms with Gasteiger partial charge < -0.3 is 9.88 Å². The van der Waals surface area contributed by atoms with E-state index in [-0.39, 0.29) is 5.91 Å². The SMILES string of the molecule is Cc1nc(-c2cn(C)c3ncccc23)sc1C(=O)NC1CCCC1. The molecule has 5 nitrogen and oxygen atoms in total. The van der Waals surface area contributed by atoms with E-state index in [9.17, 15) is 4.79 Å². The van der Waals surface area contributed by atoms with Gasteiger partial charge in [0.2, 0.25) is 0 Å². The zero-order chi connectivity index (χ0) is 16.7. The van der Waals surface area contributed by atoms with Gasteiger partial charge in [-0.25, -0.2) is 9.97 Å². The fourth-order valence-corrected chi connectivity index (χ4v) is 4.42. The molecule has 0 bridgehead atoms. The van der Waals surface area contributed by atoms with Gasteiger partial charge >= 0.3 is 0 Å². The highest BCUT2D eigenvalue weighted by atomic mass is 32.1. The minimum Gasteiger partial charge on any atom is -0.349 e. The third kappa shape index (κ3) is 2.60. The van der Waals surface area contributed by atoms with Crippen molar-refractivity contribution in [2.45, 2.75) is 38.6 Å². The van der Waals surface area contributed by atoms with E-state index in [0.717, 1.165) is 45.0 Å². The Morgan fingerprint density at radius 2 is 2.17 bits per heavy atom. The van der Waals surface area contributed by atoms with Gasteiger partial charge in [-0.2, -0.15) is 0 Å². The lowest BCUT2D eigenvalue weighted by Crippen LogP contribution is -2.32. The van der Waals surface area contributed by atoms with Crippen molar-refractivity contribution >= 4 is 28.3 Å².